The normalized spacial score (nSPS) is 10.9. The van der Waals surface area contributed by atoms with Gasteiger partial charge in [0.2, 0.25) is 5.91 Å². The number of nitrogens with zero attached hydrogens (tertiary/aromatic N) is 2. The van der Waals surface area contributed by atoms with E-state index in [-0.39, 0.29) is 5.91 Å². The lowest BCUT2D eigenvalue weighted by Gasteiger charge is -2.09. The van der Waals surface area contributed by atoms with Gasteiger partial charge in [0.1, 0.15) is 6.61 Å². The van der Waals surface area contributed by atoms with Crippen LogP contribution < -0.4 is 5.32 Å². The third-order valence-corrected chi connectivity index (χ3v) is 1.66. The van der Waals surface area contributed by atoms with Crippen LogP contribution in [0.2, 0.25) is 0 Å². The Balaban J connectivity index is 3.33. The minimum atomic E-state index is 0.0554. The third-order valence-electron chi connectivity index (χ3n) is 1.66. The van der Waals surface area contributed by atoms with Gasteiger partial charge in [-0.1, -0.05) is 5.16 Å². The Hall–Kier alpha value is -1.10. The number of amides is 1. The monoisotopic (exact) mass is 215 g/mol. The second-order valence-electron chi connectivity index (χ2n) is 3.40. The van der Waals surface area contributed by atoms with Gasteiger partial charge in [-0.15, -0.1) is 0 Å². The maximum Gasteiger partial charge on any atom is 0.220 e. The lowest BCUT2D eigenvalue weighted by atomic mass is 10.3. The molecule has 1 N–H and O–H groups in total. The average Bonchev–Trinajstić information content (AvgIpc) is 2.17. The highest BCUT2D eigenvalue weighted by atomic mass is 16.6. The predicted octanol–water partition coefficient (Wildman–Crippen LogP) is 0.467. The molecule has 0 unspecified atom stereocenters. The van der Waals surface area contributed by atoms with Crippen molar-refractivity contribution >= 4 is 12.1 Å². The molecule has 0 atom stereocenters. The highest BCUT2D eigenvalue weighted by Crippen LogP contribution is 1.86. The molecule has 5 heteroatoms. The van der Waals surface area contributed by atoms with E-state index in [1.165, 1.54) is 0 Å². The van der Waals surface area contributed by atoms with Crippen LogP contribution in [0.4, 0.5) is 0 Å². The van der Waals surface area contributed by atoms with E-state index in [1.54, 1.807) is 6.21 Å². The van der Waals surface area contributed by atoms with Gasteiger partial charge in [-0.2, -0.15) is 0 Å². The van der Waals surface area contributed by atoms with Crippen LogP contribution in [0.5, 0.6) is 0 Å². The molecule has 1 amide bonds. The van der Waals surface area contributed by atoms with Crippen LogP contribution in [0.15, 0.2) is 5.16 Å². The van der Waals surface area contributed by atoms with Crippen molar-refractivity contribution in [1.29, 1.82) is 0 Å². The van der Waals surface area contributed by atoms with Crippen LogP contribution in [0.25, 0.3) is 0 Å². The topological polar surface area (TPSA) is 53.9 Å². The van der Waals surface area contributed by atoms with Crippen molar-refractivity contribution in [1.82, 2.24) is 10.2 Å². The molecule has 0 saturated heterocycles. The fourth-order valence-corrected chi connectivity index (χ4v) is 0.883. The Kier molecular flexibility index (Phi) is 8.76. The maximum atomic E-state index is 11.2. The van der Waals surface area contributed by atoms with Crippen molar-refractivity contribution in [2.45, 2.75) is 19.8 Å². The molecular formula is C10H21N3O2. The van der Waals surface area contributed by atoms with E-state index < -0.39 is 0 Å². The van der Waals surface area contributed by atoms with Crippen molar-refractivity contribution in [3.05, 3.63) is 0 Å². The van der Waals surface area contributed by atoms with Gasteiger partial charge in [-0.25, -0.2) is 0 Å². The molecule has 0 fully saturated rings. The maximum absolute atomic E-state index is 11.2. The fourth-order valence-electron chi connectivity index (χ4n) is 0.883. The van der Waals surface area contributed by atoms with Crippen molar-refractivity contribution < 1.29 is 9.63 Å². The zero-order valence-electron chi connectivity index (χ0n) is 9.82. The second-order valence-corrected chi connectivity index (χ2v) is 3.40. The summed E-state index contributed by atoms with van der Waals surface area (Å²) in [6.07, 6.45) is 2.70. The van der Waals surface area contributed by atoms with Gasteiger partial charge in [0.25, 0.3) is 0 Å². The van der Waals surface area contributed by atoms with Gasteiger partial charge >= 0.3 is 0 Å². The summed E-state index contributed by atoms with van der Waals surface area (Å²) in [7, 11) is 3.95. The van der Waals surface area contributed by atoms with Crippen LogP contribution in [-0.4, -0.2) is 50.8 Å². The number of carbonyl (C=O) groups excluding carboxylic acids is 1. The van der Waals surface area contributed by atoms with Crippen LogP contribution in [-0.2, 0) is 9.63 Å². The molecular weight excluding hydrogens is 194 g/mol. The summed E-state index contributed by atoms with van der Waals surface area (Å²) in [5, 5.41) is 6.48. The zero-order valence-corrected chi connectivity index (χ0v) is 9.82. The minimum Gasteiger partial charge on any atom is -0.396 e. The first-order chi connectivity index (χ1) is 7.16. The third kappa shape index (κ3) is 10.8. The quantitative estimate of drug-likeness (QED) is 0.473. The van der Waals surface area contributed by atoms with Crippen LogP contribution >= 0.6 is 0 Å². The van der Waals surface area contributed by atoms with Crippen molar-refractivity contribution in [2.75, 3.05) is 33.8 Å². The molecule has 0 spiro atoms. The van der Waals surface area contributed by atoms with E-state index in [1.807, 2.05) is 25.9 Å². The van der Waals surface area contributed by atoms with Crippen molar-refractivity contribution in [3.8, 4) is 0 Å². The fraction of sp³-hybridized carbons (Fsp3) is 0.800. The van der Waals surface area contributed by atoms with Crippen LogP contribution in [0.1, 0.15) is 19.8 Å². The molecule has 0 aliphatic heterocycles. The van der Waals surface area contributed by atoms with Crippen LogP contribution in [0, 0.1) is 0 Å². The summed E-state index contributed by atoms with van der Waals surface area (Å²) in [4.78, 5) is 18.0. The van der Waals surface area contributed by atoms with Gasteiger partial charge in [0.05, 0.1) is 0 Å². The largest absolute Gasteiger partial charge is 0.396 e. The molecule has 0 aliphatic rings. The standard InChI is InChI=1S/C10H21N3O2/c1-4-15-12-7-5-6-10(14)11-8-9-13(2)3/h7H,4-6,8-9H2,1-3H3,(H,11,14). The first-order valence-corrected chi connectivity index (χ1v) is 5.22. The Labute approximate surface area is 91.5 Å². The predicted molar refractivity (Wildman–Crippen MR) is 60.9 cm³/mol. The Bertz CT molecular complexity index is 193. The lowest BCUT2D eigenvalue weighted by Crippen LogP contribution is -2.31. The smallest absolute Gasteiger partial charge is 0.220 e. The van der Waals surface area contributed by atoms with Crippen molar-refractivity contribution in [3.63, 3.8) is 0 Å². The van der Waals surface area contributed by atoms with Crippen molar-refractivity contribution in [2.24, 2.45) is 5.16 Å². The molecule has 0 aromatic rings. The molecule has 0 heterocycles. The minimum absolute atomic E-state index is 0.0554. The molecule has 5 nitrogen and oxygen atoms in total. The summed E-state index contributed by atoms with van der Waals surface area (Å²) in [5.74, 6) is 0.0554. The summed E-state index contributed by atoms with van der Waals surface area (Å²) >= 11 is 0. The Morgan fingerprint density at radius 2 is 2.27 bits per heavy atom. The second kappa shape index (κ2) is 9.45. The molecule has 0 aromatic carbocycles. The summed E-state index contributed by atoms with van der Waals surface area (Å²) in [6.45, 7) is 3.98. The molecule has 0 radical (unpaired) electrons. The highest BCUT2D eigenvalue weighted by molar-refractivity contribution is 5.78. The van der Waals surface area contributed by atoms with E-state index in [0.29, 0.717) is 26.0 Å². The molecule has 0 rings (SSSR count). The van der Waals surface area contributed by atoms with Gasteiger partial charge in [-0.3, -0.25) is 4.79 Å². The van der Waals surface area contributed by atoms with Crippen LogP contribution in [0.3, 0.4) is 0 Å². The molecule has 15 heavy (non-hydrogen) atoms. The number of hydrogen-bond donors (Lipinski definition) is 1. The highest BCUT2D eigenvalue weighted by Gasteiger charge is 1.98. The molecule has 0 bridgehead atoms. The number of rotatable bonds is 8. The SMILES string of the molecule is CCON=CCCC(=O)NCCN(C)C. The Morgan fingerprint density at radius 3 is 2.87 bits per heavy atom. The number of nitrogens with one attached hydrogen (secondary N) is 1. The van der Waals surface area contributed by atoms with E-state index in [0.717, 1.165) is 6.54 Å². The van der Waals surface area contributed by atoms with Gasteiger partial charge in [0, 0.05) is 25.7 Å². The van der Waals surface area contributed by atoms with E-state index in [9.17, 15) is 4.79 Å². The van der Waals surface area contributed by atoms with E-state index >= 15 is 0 Å². The van der Waals surface area contributed by atoms with E-state index in [4.69, 9.17) is 4.84 Å². The van der Waals surface area contributed by atoms with Gasteiger partial charge in [0.15, 0.2) is 0 Å². The lowest BCUT2D eigenvalue weighted by molar-refractivity contribution is -0.120. The average molecular weight is 215 g/mol. The number of oxime groups is 1. The summed E-state index contributed by atoms with van der Waals surface area (Å²) < 4.78 is 0. The van der Waals surface area contributed by atoms with Gasteiger partial charge in [-0.05, 0) is 27.4 Å². The summed E-state index contributed by atoms with van der Waals surface area (Å²) in [6, 6.07) is 0. The molecule has 0 saturated carbocycles. The van der Waals surface area contributed by atoms with E-state index in [2.05, 4.69) is 10.5 Å². The number of hydrogen-bond acceptors (Lipinski definition) is 4. The zero-order chi connectivity index (χ0) is 11.5. The number of carbonyl (C=O) groups is 1. The first-order valence-electron chi connectivity index (χ1n) is 5.22. The first kappa shape index (κ1) is 13.9. The van der Waals surface area contributed by atoms with Gasteiger partial charge < -0.3 is 15.1 Å². The molecule has 0 aliphatic carbocycles. The Morgan fingerprint density at radius 1 is 1.53 bits per heavy atom. The number of likely N-dealkylation sites (N-methyl/N-ethyl adjacent to an activating group) is 1. The summed E-state index contributed by atoms with van der Waals surface area (Å²) in [5.41, 5.74) is 0. The molecule has 88 valence electrons. The molecule has 0 aromatic heterocycles.